The van der Waals surface area contributed by atoms with Crippen molar-refractivity contribution >= 4 is 38.0 Å². The minimum Gasteiger partial charge on any atom is -0.393 e. The summed E-state index contributed by atoms with van der Waals surface area (Å²) in [6.07, 6.45) is 3.39. The number of carbonyl (C=O) groups excluding carboxylic acids is 1. The zero-order chi connectivity index (χ0) is 13.0. The maximum absolute atomic E-state index is 12.7. The van der Waals surface area contributed by atoms with Gasteiger partial charge in [0.15, 0.2) is 0 Å². The van der Waals surface area contributed by atoms with Crippen LogP contribution in [0.2, 0.25) is 0 Å². The molecule has 2 aliphatic rings. The Labute approximate surface area is 119 Å². The fraction of sp³-hybridized carbons (Fsp3) is 0.500. The Bertz CT molecular complexity index is 590. The molecule has 0 aliphatic carbocycles. The minimum absolute atomic E-state index is 0.174. The Morgan fingerprint density at radius 3 is 2.68 bits per heavy atom. The molecular formula is C14H15NO2S2. The molecular weight excluding hydrogens is 278 g/mol. The largest absolute Gasteiger partial charge is 0.393 e. The molecule has 0 radical (unpaired) electrons. The number of thiophene rings is 2. The SMILES string of the molecule is O=C(c1cc2sccc2s1)N1C2CCC1CC(O)C2. The zero-order valence-electron chi connectivity index (χ0n) is 10.4. The summed E-state index contributed by atoms with van der Waals surface area (Å²) < 4.78 is 2.41. The molecule has 2 unspecified atom stereocenters. The van der Waals surface area contributed by atoms with Crippen LogP contribution >= 0.6 is 22.7 Å². The highest BCUT2D eigenvalue weighted by atomic mass is 32.1. The van der Waals surface area contributed by atoms with Crippen LogP contribution in [0.1, 0.15) is 35.4 Å². The molecule has 1 amide bonds. The number of hydrogen-bond donors (Lipinski definition) is 1. The first-order valence-electron chi connectivity index (χ1n) is 6.70. The van der Waals surface area contributed by atoms with Gasteiger partial charge in [0.1, 0.15) is 0 Å². The third kappa shape index (κ3) is 1.83. The Hall–Kier alpha value is -0.910. The van der Waals surface area contributed by atoms with E-state index in [4.69, 9.17) is 0 Å². The first-order chi connectivity index (χ1) is 9.22. The third-order valence-corrected chi connectivity index (χ3v) is 6.37. The molecule has 1 N–H and O–H groups in total. The lowest BCUT2D eigenvalue weighted by Crippen LogP contribution is -2.47. The fourth-order valence-corrected chi connectivity index (χ4v) is 5.53. The van der Waals surface area contributed by atoms with E-state index in [1.54, 1.807) is 22.7 Å². The van der Waals surface area contributed by atoms with E-state index in [9.17, 15) is 9.90 Å². The van der Waals surface area contributed by atoms with E-state index >= 15 is 0 Å². The molecule has 100 valence electrons. The highest BCUT2D eigenvalue weighted by molar-refractivity contribution is 7.27. The molecule has 0 aromatic carbocycles. The zero-order valence-corrected chi connectivity index (χ0v) is 12.0. The topological polar surface area (TPSA) is 40.5 Å². The number of aliphatic hydroxyl groups excluding tert-OH is 1. The number of rotatable bonds is 1. The van der Waals surface area contributed by atoms with E-state index in [0.717, 1.165) is 30.6 Å². The van der Waals surface area contributed by atoms with Gasteiger partial charge in [0, 0.05) is 21.5 Å². The van der Waals surface area contributed by atoms with Gasteiger partial charge in [-0.2, -0.15) is 0 Å². The van der Waals surface area contributed by atoms with Crippen molar-refractivity contribution in [3.8, 4) is 0 Å². The van der Waals surface area contributed by atoms with E-state index in [1.165, 1.54) is 9.40 Å². The van der Waals surface area contributed by atoms with Crippen LogP contribution in [0.4, 0.5) is 0 Å². The van der Waals surface area contributed by atoms with Crippen molar-refractivity contribution in [2.24, 2.45) is 0 Å². The summed E-state index contributed by atoms with van der Waals surface area (Å²) in [6, 6.07) is 4.61. The monoisotopic (exact) mass is 293 g/mol. The summed E-state index contributed by atoms with van der Waals surface area (Å²) in [5.41, 5.74) is 0. The standard InChI is InChI=1S/C14H15NO2S2/c16-10-5-8-1-2-9(6-10)15(8)14(17)13-7-12-11(19-13)3-4-18-12/h3-4,7-10,16H,1-2,5-6H2. The number of hydrogen-bond acceptors (Lipinski definition) is 4. The van der Waals surface area contributed by atoms with Crippen molar-refractivity contribution in [2.75, 3.05) is 0 Å². The van der Waals surface area contributed by atoms with Gasteiger partial charge in [0.25, 0.3) is 5.91 Å². The molecule has 19 heavy (non-hydrogen) atoms. The number of fused-ring (bicyclic) bond motifs is 3. The van der Waals surface area contributed by atoms with E-state index < -0.39 is 0 Å². The fourth-order valence-electron chi connectivity index (χ4n) is 3.48. The second kappa shape index (κ2) is 4.30. The predicted molar refractivity (Wildman–Crippen MR) is 77.9 cm³/mol. The lowest BCUT2D eigenvalue weighted by Gasteiger charge is -2.36. The highest BCUT2D eigenvalue weighted by Crippen LogP contribution is 2.38. The van der Waals surface area contributed by atoms with E-state index in [2.05, 4.69) is 11.4 Å². The number of piperidine rings is 1. The van der Waals surface area contributed by atoms with Gasteiger partial charge in [-0.1, -0.05) is 0 Å². The molecule has 3 nitrogen and oxygen atoms in total. The van der Waals surface area contributed by atoms with Gasteiger partial charge in [0.2, 0.25) is 0 Å². The second-order valence-corrected chi connectivity index (χ2v) is 7.51. The normalized spacial score (nSPS) is 30.2. The number of nitrogens with zero attached hydrogens (tertiary/aromatic N) is 1. The summed E-state index contributed by atoms with van der Waals surface area (Å²) in [7, 11) is 0. The second-order valence-electron chi connectivity index (χ2n) is 5.48. The number of carbonyl (C=O) groups is 1. The van der Waals surface area contributed by atoms with Gasteiger partial charge < -0.3 is 10.0 Å². The molecule has 4 rings (SSSR count). The molecule has 2 aromatic heterocycles. The van der Waals surface area contributed by atoms with Crippen LogP contribution in [-0.2, 0) is 0 Å². The Kier molecular flexibility index (Phi) is 2.69. The first-order valence-corrected chi connectivity index (χ1v) is 8.40. The van der Waals surface area contributed by atoms with Crippen LogP contribution < -0.4 is 0 Å². The van der Waals surface area contributed by atoms with E-state index in [-0.39, 0.29) is 24.1 Å². The molecule has 0 spiro atoms. The summed E-state index contributed by atoms with van der Waals surface area (Å²) in [5.74, 6) is 0.174. The number of amides is 1. The highest BCUT2D eigenvalue weighted by Gasteiger charge is 2.43. The van der Waals surface area contributed by atoms with Crippen molar-refractivity contribution in [2.45, 2.75) is 43.9 Å². The molecule has 2 atom stereocenters. The molecule has 2 aliphatic heterocycles. The van der Waals surface area contributed by atoms with Gasteiger partial charge in [-0.3, -0.25) is 4.79 Å². The molecule has 2 bridgehead atoms. The Morgan fingerprint density at radius 1 is 1.26 bits per heavy atom. The summed E-state index contributed by atoms with van der Waals surface area (Å²) in [6.45, 7) is 0. The molecule has 2 saturated heterocycles. The van der Waals surface area contributed by atoms with Crippen LogP contribution in [-0.4, -0.2) is 34.1 Å². The third-order valence-electron chi connectivity index (χ3n) is 4.29. The average Bonchev–Trinajstić information content (AvgIpc) is 3.00. The van der Waals surface area contributed by atoms with E-state index in [0.29, 0.717) is 0 Å². The van der Waals surface area contributed by atoms with Gasteiger partial charge in [0.05, 0.1) is 11.0 Å². The van der Waals surface area contributed by atoms with Gasteiger partial charge in [-0.15, -0.1) is 22.7 Å². The quantitative estimate of drug-likeness (QED) is 0.877. The Balaban J connectivity index is 1.65. The summed E-state index contributed by atoms with van der Waals surface area (Å²) in [4.78, 5) is 15.6. The predicted octanol–water partition coefficient (Wildman–Crippen LogP) is 3.09. The minimum atomic E-state index is -0.214. The summed E-state index contributed by atoms with van der Waals surface area (Å²) >= 11 is 3.28. The van der Waals surface area contributed by atoms with Crippen LogP contribution in [0.25, 0.3) is 9.40 Å². The molecule has 5 heteroatoms. The maximum Gasteiger partial charge on any atom is 0.264 e. The van der Waals surface area contributed by atoms with Gasteiger partial charge in [-0.25, -0.2) is 0 Å². The molecule has 4 heterocycles. The van der Waals surface area contributed by atoms with Crippen LogP contribution in [0.5, 0.6) is 0 Å². The van der Waals surface area contributed by atoms with Crippen molar-refractivity contribution in [3.63, 3.8) is 0 Å². The lowest BCUT2D eigenvalue weighted by molar-refractivity contribution is 0.0290. The van der Waals surface area contributed by atoms with Crippen molar-refractivity contribution in [1.82, 2.24) is 4.90 Å². The average molecular weight is 293 g/mol. The van der Waals surface area contributed by atoms with Crippen molar-refractivity contribution in [1.29, 1.82) is 0 Å². The van der Waals surface area contributed by atoms with Gasteiger partial charge >= 0.3 is 0 Å². The molecule has 0 saturated carbocycles. The smallest absolute Gasteiger partial charge is 0.264 e. The molecule has 2 aromatic rings. The van der Waals surface area contributed by atoms with Crippen molar-refractivity contribution < 1.29 is 9.90 Å². The van der Waals surface area contributed by atoms with E-state index in [1.807, 2.05) is 11.0 Å². The maximum atomic E-state index is 12.7. The van der Waals surface area contributed by atoms with Crippen LogP contribution in [0.3, 0.4) is 0 Å². The summed E-state index contributed by atoms with van der Waals surface area (Å²) in [5, 5.41) is 11.9. The Morgan fingerprint density at radius 2 is 2.00 bits per heavy atom. The van der Waals surface area contributed by atoms with Crippen LogP contribution in [0, 0.1) is 0 Å². The van der Waals surface area contributed by atoms with Gasteiger partial charge in [-0.05, 0) is 43.2 Å². The van der Waals surface area contributed by atoms with Crippen LogP contribution in [0.15, 0.2) is 17.5 Å². The lowest BCUT2D eigenvalue weighted by atomic mass is 10.00. The number of aliphatic hydroxyl groups is 1. The molecule has 2 fully saturated rings. The van der Waals surface area contributed by atoms with Crippen molar-refractivity contribution in [3.05, 3.63) is 22.4 Å². The first kappa shape index (κ1) is 11.9.